The van der Waals surface area contributed by atoms with Crippen LogP contribution in [0.25, 0.3) is 0 Å². The summed E-state index contributed by atoms with van der Waals surface area (Å²) < 4.78 is 16.5. The van der Waals surface area contributed by atoms with Crippen LogP contribution in [0.15, 0.2) is 4.52 Å². The molecule has 2 atom stereocenters. The summed E-state index contributed by atoms with van der Waals surface area (Å²) in [5, 5.41) is 3.92. The number of primary amides is 1. The molecule has 10 nitrogen and oxygen atoms in total. The summed E-state index contributed by atoms with van der Waals surface area (Å²) in [6, 6.07) is 0. The van der Waals surface area contributed by atoms with Gasteiger partial charge in [-0.15, -0.1) is 0 Å². The maximum absolute atomic E-state index is 14.2. The number of morpholine rings is 1. The van der Waals surface area contributed by atoms with E-state index >= 15 is 0 Å². The second-order valence-corrected chi connectivity index (χ2v) is 9.60. The Hall–Kier alpha value is -2.49. The van der Waals surface area contributed by atoms with Gasteiger partial charge in [-0.3, -0.25) is 9.59 Å². The topological polar surface area (TPSA) is 138 Å². The number of aromatic nitrogens is 2. The van der Waals surface area contributed by atoms with E-state index in [1.165, 1.54) is 0 Å². The summed E-state index contributed by atoms with van der Waals surface area (Å²) in [5.74, 6) is -0.626. The highest BCUT2D eigenvalue weighted by Gasteiger charge is 2.65. The van der Waals surface area contributed by atoms with Gasteiger partial charge in [0.25, 0.3) is 0 Å². The van der Waals surface area contributed by atoms with Crippen LogP contribution >= 0.6 is 0 Å². The molecule has 10 heteroatoms. The number of hydrogen-bond acceptors (Lipinski definition) is 8. The van der Waals surface area contributed by atoms with E-state index in [0.29, 0.717) is 32.2 Å². The first-order valence-corrected chi connectivity index (χ1v) is 12.1. The van der Waals surface area contributed by atoms with Crippen LogP contribution in [-0.4, -0.2) is 64.7 Å². The van der Waals surface area contributed by atoms with E-state index in [-0.39, 0.29) is 30.0 Å². The number of carbonyl (C=O) groups is 3. The van der Waals surface area contributed by atoms with Crippen LogP contribution in [0.2, 0.25) is 0 Å². The Morgan fingerprint density at radius 1 is 1.12 bits per heavy atom. The fourth-order valence-electron chi connectivity index (χ4n) is 5.62. The van der Waals surface area contributed by atoms with Crippen molar-refractivity contribution in [1.29, 1.82) is 0 Å². The molecule has 1 aromatic heterocycles. The van der Waals surface area contributed by atoms with Gasteiger partial charge in [-0.05, 0) is 44.9 Å². The fraction of sp³-hybridized carbons (Fsp3) is 0.783. The van der Waals surface area contributed by atoms with Gasteiger partial charge >= 0.3 is 6.09 Å². The summed E-state index contributed by atoms with van der Waals surface area (Å²) in [4.78, 5) is 46.5. The highest BCUT2D eigenvalue weighted by Crippen LogP contribution is 2.51. The molecule has 3 fully saturated rings. The smallest absolute Gasteiger partial charge is 0.405 e. The van der Waals surface area contributed by atoms with E-state index in [2.05, 4.69) is 10.1 Å². The van der Waals surface area contributed by atoms with Crippen molar-refractivity contribution in [2.75, 3.05) is 26.3 Å². The molecular weight excluding hydrogens is 428 g/mol. The van der Waals surface area contributed by atoms with Gasteiger partial charge in [0.15, 0.2) is 5.60 Å². The summed E-state index contributed by atoms with van der Waals surface area (Å²) >= 11 is 0. The molecule has 1 unspecified atom stereocenters. The molecule has 1 aromatic rings. The standard InChI is InChI=1S/C23H34N4O6/c1-3-23(32-21(24)30,17(28)18-25-19(33-26-18)15-9-10-15)22(2,16-7-5-4-6-8-16)20(29)27-11-13-31-14-12-27/h15-16H,3-14H2,1-2H3,(H2,24,30)/t22?,23-/m1/s1. The van der Waals surface area contributed by atoms with Gasteiger partial charge in [-0.25, -0.2) is 4.79 Å². The number of nitrogens with zero attached hydrogens (tertiary/aromatic N) is 3. The Morgan fingerprint density at radius 2 is 1.79 bits per heavy atom. The molecule has 0 aromatic carbocycles. The van der Waals surface area contributed by atoms with Crippen LogP contribution in [-0.2, 0) is 14.3 Å². The normalized spacial score (nSPS) is 23.4. The average molecular weight is 463 g/mol. The van der Waals surface area contributed by atoms with Gasteiger partial charge in [0.05, 0.1) is 18.6 Å². The number of ether oxygens (including phenoxy) is 2. The molecule has 2 aliphatic carbocycles. The van der Waals surface area contributed by atoms with Crippen LogP contribution in [0.3, 0.4) is 0 Å². The number of Topliss-reactive ketones (excluding diaryl/α,β-unsaturated/α-hetero) is 1. The van der Waals surface area contributed by atoms with Gasteiger partial charge in [0, 0.05) is 19.0 Å². The van der Waals surface area contributed by atoms with Gasteiger partial charge in [-0.2, -0.15) is 4.98 Å². The lowest BCUT2D eigenvalue weighted by molar-refractivity contribution is -0.168. The van der Waals surface area contributed by atoms with Crippen LogP contribution in [0.4, 0.5) is 4.79 Å². The second kappa shape index (κ2) is 9.40. The molecule has 2 heterocycles. The molecular formula is C23H34N4O6. The van der Waals surface area contributed by atoms with E-state index in [0.717, 1.165) is 44.9 Å². The summed E-state index contributed by atoms with van der Waals surface area (Å²) in [6.45, 7) is 5.17. The van der Waals surface area contributed by atoms with Crippen molar-refractivity contribution in [2.24, 2.45) is 17.1 Å². The first-order chi connectivity index (χ1) is 15.8. The molecule has 0 bridgehead atoms. The summed E-state index contributed by atoms with van der Waals surface area (Å²) in [5.41, 5.74) is 2.33. The third-order valence-corrected chi connectivity index (χ3v) is 7.71. The molecule has 2 N–H and O–H groups in total. The van der Waals surface area contributed by atoms with Gasteiger partial charge in [0.1, 0.15) is 0 Å². The van der Waals surface area contributed by atoms with Crippen molar-refractivity contribution in [1.82, 2.24) is 15.0 Å². The number of ketones is 1. The Morgan fingerprint density at radius 3 is 2.36 bits per heavy atom. The molecule has 4 rings (SSSR count). The Kier molecular flexibility index (Phi) is 6.74. The molecule has 182 valence electrons. The minimum atomic E-state index is -1.85. The molecule has 1 aliphatic heterocycles. The van der Waals surface area contributed by atoms with E-state index in [1.807, 2.05) is 0 Å². The SMILES string of the molecule is CC[C@@](OC(N)=O)(C(=O)c1noc(C2CC2)n1)C(C)(C(=O)N1CCOCC1)C1CCCCC1. The molecule has 33 heavy (non-hydrogen) atoms. The van der Waals surface area contributed by atoms with Gasteiger partial charge in [-0.1, -0.05) is 31.3 Å². The van der Waals surface area contributed by atoms with E-state index in [9.17, 15) is 14.4 Å². The van der Waals surface area contributed by atoms with Crippen molar-refractivity contribution >= 4 is 17.8 Å². The molecule has 2 amide bonds. The zero-order valence-corrected chi connectivity index (χ0v) is 19.5. The van der Waals surface area contributed by atoms with Crippen LogP contribution < -0.4 is 5.73 Å². The van der Waals surface area contributed by atoms with E-state index < -0.39 is 22.9 Å². The zero-order chi connectivity index (χ0) is 23.6. The Bertz CT molecular complexity index is 887. The maximum Gasteiger partial charge on any atom is 0.405 e. The number of amides is 2. The van der Waals surface area contributed by atoms with Crippen LogP contribution in [0.1, 0.15) is 87.6 Å². The number of nitrogens with two attached hydrogens (primary N) is 1. The van der Waals surface area contributed by atoms with Crippen LogP contribution in [0.5, 0.6) is 0 Å². The number of hydrogen-bond donors (Lipinski definition) is 1. The van der Waals surface area contributed by atoms with E-state index in [1.54, 1.807) is 18.7 Å². The predicted molar refractivity (Wildman–Crippen MR) is 116 cm³/mol. The molecule has 3 aliphatic rings. The predicted octanol–water partition coefficient (Wildman–Crippen LogP) is 2.82. The van der Waals surface area contributed by atoms with Gasteiger partial charge in [0.2, 0.25) is 23.4 Å². The number of carbonyl (C=O) groups excluding carboxylic acids is 3. The Balaban J connectivity index is 1.81. The highest BCUT2D eigenvalue weighted by molar-refractivity contribution is 6.05. The van der Waals surface area contributed by atoms with Crippen molar-refractivity contribution in [3.05, 3.63) is 11.7 Å². The Labute approximate surface area is 193 Å². The van der Waals surface area contributed by atoms with Crippen molar-refractivity contribution in [2.45, 2.75) is 76.7 Å². The summed E-state index contributed by atoms with van der Waals surface area (Å²) in [6.07, 6.45) is 5.27. The molecule has 0 radical (unpaired) electrons. The van der Waals surface area contributed by atoms with Crippen molar-refractivity contribution in [3.8, 4) is 0 Å². The minimum Gasteiger partial charge on any atom is -0.433 e. The lowest BCUT2D eigenvalue weighted by Crippen LogP contribution is -2.66. The maximum atomic E-state index is 14.2. The highest BCUT2D eigenvalue weighted by atomic mass is 16.6. The van der Waals surface area contributed by atoms with E-state index in [4.69, 9.17) is 19.7 Å². The second-order valence-electron chi connectivity index (χ2n) is 9.60. The largest absolute Gasteiger partial charge is 0.433 e. The zero-order valence-electron chi connectivity index (χ0n) is 19.5. The van der Waals surface area contributed by atoms with Gasteiger partial charge < -0.3 is 24.6 Å². The third-order valence-electron chi connectivity index (χ3n) is 7.71. The number of rotatable bonds is 8. The lowest BCUT2D eigenvalue weighted by atomic mass is 9.57. The molecule has 0 spiro atoms. The van der Waals surface area contributed by atoms with Crippen LogP contribution in [0, 0.1) is 11.3 Å². The first-order valence-electron chi connectivity index (χ1n) is 12.1. The van der Waals surface area contributed by atoms with Crippen molar-refractivity contribution in [3.63, 3.8) is 0 Å². The fourth-order valence-corrected chi connectivity index (χ4v) is 5.62. The third kappa shape index (κ3) is 4.25. The summed E-state index contributed by atoms with van der Waals surface area (Å²) in [7, 11) is 0. The average Bonchev–Trinajstić information content (AvgIpc) is 3.58. The quantitative estimate of drug-likeness (QED) is 0.582. The lowest BCUT2D eigenvalue weighted by Gasteiger charge is -2.51. The molecule has 1 saturated heterocycles. The molecule has 2 saturated carbocycles. The van der Waals surface area contributed by atoms with Crippen molar-refractivity contribution < 1.29 is 28.4 Å². The minimum absolute atomic E-state index is 0.0607. The monoisotopic (exact) mass is 462 g/mol. The first kappa shape index (κ1) is 23.7.